The first-order valence-electron chi connectivity index (χ1n) is 9.10. The fourth-order valence-electron chi connectivity index (χ4n) is 2.43. The molecule has 30 heavy (non-hydrogen) atoms. The Morgan fingerprint density at radius 3 is 2.50 bits per heavy atom. The van der Waals surface area contributed by atoms with E-state index in [-0.39, 0.29) is 10.7 Å². The Hall–Kier alpha value is -2.78. The third kappa shape index (κ3) is 6.93. The largest absolute Gasteiger partial charge is 0.495 e. The van der Waals surface area contributed by atoms with Gasteiger partial charge in [0.1, 0.15) is 18.0 Å². The molecule has 0 radical (unpaired) electrons. The van der Waals surface area contributed by atoms with Gasteiger partial charge in [-0.3, -0.25) is 9.10 Å². The van der Waals surface area contributed by atoms with Crippen LogP contribution < -0.4 is 19.2 Å². The van der Waals surface area contributed by atoms with Gasteiger partial charge < -0.3 is 9.47 Å². The number of nitrogens with zero attached hydrogens (tertiary/aromatic N) is 2. The highest BCUT2D eigenvalue weighted by molar-refractivity contribution is 7.92. The van der Waals surface area contributed by atoms with Gasteiger partial charge in [-0.05, 0) is 54.4 Å². The summed E-state index contributed by atoms with van der Waals surface area (Å²) in [5.41, 5.74) is 3.32. The molecule has 10 heteroatoms. The smallest absolute Gasteiger partial charge is 0.260 e. The lowest BCUT2D eigenvalue weighted by molar-refractivity contribution is -0.119. The van der Waals surface area contributed by atoms with Crippen molar-refractivity contribution in [3.8, 4) is 11.5 Å². The third-order valence-corrected chi connectivity index (χ3v) is 5.30. The van der Waals surface area contributed by atoms with E-state index in [1.165, 1.54) is 31.5 Å². The summed E-state index contributed by atoms with van der Waals surface area (Å²) in [5.74, 6) is 0.542. The van der Waals surface area contributed by atoms with Crippen molar-refractivity contribution >= 4 is 39.4 Å². The maximum Gasteiger partial charge on any atom is 0.260 e. The molecule has 0 aliphatic carbocycles. The van der Waals surface area contributed by atoms with Crippen LogP contribution in [-0.4, -0.2) is 47.1 Å². The minimum Gasteiger partial charge on any atom is -0.495 e. The van der Waals surface area contributed by atoms with E-state index in [0.29, 0.717) is 12.4 Å². The molecule has 2 aromatic carbocycles. The molecule has 0 aliphatic rings. The van der Waals surface area contributed by atoms with Gasteiger partial charge in [0.15, 0.2) is 0 Å². The first-order chi connectivity index (χ1) is 14.2. The Morgan fingerprint density at radius 2 is 1.93 bits per heavy atom. The van der Waals surface area contributed by atoms with Crippen LogP contribution in [0.25, 0.3) is 0 Å². The van der Waals surface area contributed by atoms with Gasteiger partial charge in [-0.25, -0.2) is 13.8 Å². The summed E-state index contributed by atoms with van der Waals surface area (Å²) < 4.78 is 35.8. The number of sulfonamides is 1. The van der Waals surface area contributed by atoms with Crippen LogP contribution in [0.3, 0.4) is 0 Å². The Balaban J connectivity index is 2.03. The number of carbonyl (C=O) groups is 1. The van der Waals surface area contributed by atoms with Crippen LogP contribution >= 0.6 is 11.6 Å². The molecule has 0 atom stereocenters. The predicted molar refractivity (Wildman–Crippen MR) is 118 cm³/mol. The summed E-state index contributed by atoms with van der Waals surface area (Å²) in [6.45, 7) is 2.21. The number of carbonyl (C=O) groups excluding carboxylic acids is 1. The molecule has 0 aromatic heterocycles. The zero-order valence-electron chi connectivity index (χ0n) is 17.0. The van der Waals surface area contributed by atoms with Gasteiger partial charge in [0.05, 0.1) is 36.9 Å². The second-order valence-corrected chi connectivity index (χ2v) is 8.61. The summed E-state index contributed by atoms with van der Waals surface area (Å²) in [5, 5.41) is 4.10. The van der Waals surface area contributed by atoms with Crippen molar-refractivity contribution < 1.29 is 22.7 Å². The van der Waals surface area contributed by atoms with Crippen molar-refractivity contribution in [3.05, 3.63) is 53.1 Å². The molecule has 0 spiro atoms. The second kappa shape index (κ2) is 10.8. The van der Waals surface area contributed by atoms with Crippen LogP contribution in [0, 0.1) is 0 Å². The van der Waals surface area contributed by atoms with Crippen LogP contribution in [-0.2, 0) is 14.8 Å². The minimum atomic E-state index is -3.73. The monoisotopic (exact) mass is 453 g/mol. The Morgan fingerprint density at radius 1 is 1.23 bits per heavy atom. The summed E-state index contributed by atoms with van der Waals surface area (Å²) in [4.78, 5) is 12.2. The van der Waals surface area contributed by atoms with E-state index < -0.39 is 22.5 Å². The molecule has 2 aromatic rings. The number of ether oxygens (including phenoxy) is 2. The van der Waals surface area contributed by atoms with Gasteiger partial charge in [-0.2, -0.15) is 5.10 Å². The molecule has 0 fully saturated rings. The second-order valence-electron chi connectivity index (χ2n) is 6.30. The first-order valence-corrected chi connectivity index (χ1v) is 11.3. The van der Waals surface area contributed by atoms with Crippen molar-refractivity contribution in [2.24, 2.45) is 5.10 Å². The van der Waals surface area contributed by atoms with Crippen molar-refractivity contribution in [1.29, 1.82) is 0 Å². The number of hydrazone groups is 1. The van der Waals surface area contributed by atoms with Gasteiger partial charge in [0.2, 0.25) is 10.0 Å². The topological polar surface area (TPSA) is 97.3 Å². The van der Waals surface area contributed by atoms with Crippen LogP contribution in [0.5, 0.6) is 11.5 Å². The van der Waals surface area contributed by atoms with E-state index in [4.69, 9.17) is 21.1 Å². The quantitative estimate of drug-likeness (QED) is 0.440. The van der Waals surface area contributed by atoms with Gasteiger partial charge >= 0.3 is 0 Å². The number of anilines is 1. The zero-order chi connectivity index (χ0) is 22.1. The lowest BCUT2D eigenvalue weighted by atomic mass is 10.2. The highest BCUT2D eigenvalue weighted by atomic mass is 35.5. The number of nitrogens with one attached hydrogen (secondary N) is 1. The summed E-state index contributed by atoms with van der Waals surface area (Å²) in [6, 6.07) is 11.6. The molecular formula is C20H24ClN3O5S. The van der Waals surface area contributed by atoms with Crippen molar-refractivity contribution in [2.75, 3.05) is 30.8 Å². The first kappa shape index (κ1) is 23.5. The zero-order valence-corrected chi connectivity index (χ0v) is 18.5. The van der Waals surface area contributed by atoms with Gasteiger partial charge in [0, 0.05) is 0 Å². The molecule has 162 valence electrons. The SMILES string of the molecule is CCCOc1ccc(/C=N\NC(=O)CN(c2ccc(OC)c(Cl)c2)S(C)(=O)=O)cc1. The predicted octanol–water partition coefficient (Wildman–Crippen LogP) is 3.05. The summed E-state index contributed by atoms with van der Waals surface area (Å²) >= 11 is 6.07. The van der Waals surface area contributed by atoms with Gasteiger partial charge in [-0.1, -0.05) is 18.5 Å². The normalized spacial score (nSPS) is 11.3. The van der Waals surface area contributed by atoms with Crippen LogP contribution in [0.2, 0.25) is 5.02 Å². The van der Waals surface area contributed by atoms with Crippen molar-refractivity contribution in [3.63, 3.8) is 0 Å². The van der Waals surface area contributed by atoms with E-state index >= 15 is 0 Å². The molecule has 2 rings (SSSR count). The third-order valence-electron chi connectivity index (χ3n) is 3.87. The summed E-state index contributed by atoms with van der Waals surface area (Å²) in [6.07, 6.45) is 3.38. The molecular weight excluding hydrogens is 430 g/mol. The maximum absolute atomic E-state index is 12.2. The molecule has 0 unspecified atom stereocenters. The van der Waals surface area contributed by atoms with Crippen LogP contribution in [0.4, 0.5) is 5.69 Å². The van der Waals surface area contributed by atoms with E-state index in [1.54, 1.807) is 24.3 Å². The highest BCUT2D eigenvalue weighted by Gasteiger charge is 2.21. The summed E-state index contributed by atoms with van der Waals surface area (Å²) in [7, 11) is -2.28. The number of amides is 1. The number of rotatable bonds is 10. The fourth-order valence-corrected chi connectivity index (χ4v) is 3.53. The number of methoxy groups -OCH3 is 1. The molecule has 0 saturated heterocycles. The molecule has 0 heterocycles. The van der Waals surface area contributed by atoms with Crippen LogP contribution in [0.15, 0.2) is 47.6 Å². The molecule has 8 nitrogen and oxygen atoms in total. The maximum atomic E-state index is 12.2. The Bertz CT molecular complexity index is 994. The fraction of sp³-hybridized carbons (Fsp3) is 0.300. The van der Waals surface area contributed by atoms with E-state index in [1.807, 2.05) is 6.92 Å². The lowest BCUT2D eigenvalue weighted by Gasteiger charge is -2.21. The number of halogens is 1. The molecule has 0 bridgehead atoms. The van der Waals surface area contributed by atoms with Gasteiger partial charge in [0.25, 0.3) is 5.91 Å². The molecule has 0 saturated carbocycles. The average molecular weight is 454 g/mol. The van der Waals surface area contributed by atoms with Crippen molar-refractivity contribution in [1.82, 2.24) is 5.43 Å². The van der Waals surface area contributed by atoms with E-state index in [2.05, 4.69) is 10.5 Å². The minimum absolute atomic E-state index is 0.230. The standard InChI is InChI=1S/C20H24ClN3O5S/c1-4-11-29-17-8-5-15(6-9-17)13-22-23-20(25)14-24(30(3,26)27)16-7-10-19(28-2)18(21)12-16/h5-10,12-13H,4,11,14H2,1-3H3,(H,23,25)/b22-13-. The van der Waals surface area contributed by atoms with Crippen molar-refractivity contribution in [2.45, 2.75) is 13.3 Å². The Kier molecular flexibility index (Phi) is 8.49. The number of hydrogen-bond donors (Lipinski definition) is 1. The van der Waals surface area contributed by atoms with Crippen LogP contribution in [0.1, 0.15) is 18.9 Å². The average Bonchev–Trinajstić information content (AvgIpc) is 2.70. The van der Waals surface area contributed by atoms with E-state index in [9.17, 15) is 13.2 Å². The van der Waals surface area contributed by atoms with E-state index in [0.717, 1.165) is 28.3 Å². The lowest BCUT2D eigenvalue weighted by Crippen LogP contribution is -2.39. The number of hydrogen-bond acceptors (Lipinski definition) is 6. The highest BCUT2D eigenvalue weighted by Crippen LogP contribution is 2.30. The molecule has 0 aliphatic heterocycles. The molecule has 1 N–H and O–H groups in total. The van der Waals surface area contributed by atoms with Gasteiger partial charge in [-0.15, -0.1) is 0 Å². The molecule has 1 amide bonds. The Labute approximate surface area is 181 Å². The number of benzene rings is 2.